The maximum absolute atomic E-state index is 13.8. The van der Waals surface area contributed by atoms with E-state index in [2.05, 4.69) is 11.9 Å². The van der Waals surface area contributed by atoms with E-state index in [0.29, 0.717) is 12.0 Å². The van der Waals surface area contributed by atoms with Gasteiger partial charge in [0.05, 0.1) is 5.56 Å². The Balaban J connectivity index is 2.23. The molecule has 0 atom stereocenters. The number of nitrogens with zero attached hydrogens (tertiary/aromatic N) is 2. The van der Waals surface area contributed by atoms with E-state index in [-0.39, 0.29) is 5.56 Å². The Bertz CT molecular complexity index is 593. The number of aromatic nitrogens is 2. The summed E-state index contributed by atoms with van der Waals surface area (Å²) in [7, 11) is 0. The zero-order chi connectivity index (χ0) is 13.8. The molecule has 1 aromatic heterocycles. The molecular weight excluding hydrogens is 247 g/mol. The summed E-state index contributed by atoms with van der Waals surface area (Å²) in [5.74, 6) is -0.854. The van der Waals surface area contributed by atoms with Crippen molar-refractivity contribution in [2.45, 2.75) is 26.3 Å². The van der Waals surface area contributed by atoms with Crippen LogP contribution in [-0.4, -0.2) is 20.6 Å². The zero-order valence-corrected chi connectivity index (χ0v) is 10.6. The molecular formula is C14H15FN2O2. The molecule has 1 aromatic carbocycles. The third-order valence-corrected chi connectivity index (χ3v) is 2.91. The van der Waals surface area contributed by atoms with Gasteiger partial charge < -0.3 is 9.67 Å². The summed E-state index contributed by atoms with van der Waals surface area (Å²) in [5.41, 5.74) is 0.409. The number of carbonyl (C=O) groups is 1. The maximum atomic E-state index is 13.8. The maximum Gasteiger partial charge on any atom is 0.335 e. The fourth-order valence-corrected chi connectivity index (χ4v) is 1.95. The second-order valence-electron chi connectivity index (χ2n) is 4.32. The van der Waals surface area contributed by atoms with Crippen LogP contribution < -0.4 is 0 Å². The molecule has 0 amide bonds. The van der Waals surface area contributed by atoms with Crippen LogP contribution in [0.25, 0.3) is 0 Å². The van der Waals surface area contributed by atoms with Gasteiger partial charge in [-0.15, -0.1) is 0 Å². The van der Waals surface area contributed by atoms with Gasteiger partial charge in [0.1, 0.15) is 11.6 Å². The van der Waals surface area contributed by atoms with Gasteiger partial charge in [-0.3, -0.25) is 0 Å². The Morgan fingerprint density at radius 2 is 2.26 bits per heavy atom. The molecule has 0 aliphatic carbocycles. The minimum Gasteiger partial charge on any atom is -0.478 e. The molecule has 1 heterocycles. The van der Waals surface area contributed by atoms with Gasteiger partial charge in [0.25, 0.3) is 0 Å². The predicted octanol–water partition coefficient (Wildman–Crippen LogP) is 2.72. The van der Waals surface area contributed by atoms with E-state index < -0.39 is 11.8 Å². The number of aryl methyl sites for hydroxylation is 1. The number of rotatable bonds is 5. The summed E-state index contributed by atoms with van der Waals surface area (Å²) in [4.78, 5) is 14.9. The van der Waals surface area contributed by atoms with Crippen LogP contribution in [0.2, 0.25) is 0 Å². The fraction of sp³-hybridized carbons (Fsp3) is 0.286. The van der Waals surface area contributed by atoms with Crippen molar-refractivity contribution in [2.75, 3.05) is 0 Å². The summed E-state index contributed by atoms with van der Waals surface area (Å²) >= 11 is 0. The van der Waals surface area contributed by atoms with Crippen molar-refractivity contribution in [2.24, 2.45) is 0 Å². The average Bonchev–Trinajstić information content (AvgIpc) is 2.79. The number of hydrogen-bond acceptors (Lipinski definition) is 2. The van der Waals surface area contributed by atoms with Gasteiger partial charge in [-0.1, -0.05) is 13.0 Å². The van der Waals surface area contributed by atoms with Gasteiger partial charge in [-0.25, -0.2) is 14.2 Å². The SMILES string of the molecule is CCCn1ccnc1Cc1ccc(C(=O)O)cc1F. The molecule has 0 saturated heterocycles. The van der Waals surface area contributed by atoms with Gasteiger partial charge in [-0.2, -0.15) is 0 Å². The molecule has 5 heteroatoms. The average molecular weight is 262 g/mol. The first-order valence-corrected chi connectivity index (χ1v) is 6.13. The number of carboxylic acids is 1. The molecule has 2 aromatic rings. The van der Waals surface area contributed by atoms with Crippen molar-refractivity contribution in [3.05, 3.63) is 53.4 Å². The van der Waals surface area contributed by atoms with Gasteiger partial charge in [0, 0.05) is 25.4 Å². The Morgan fingerprint density at radius 1 is 1.47 bits per heavy atom. The Kier molecular flexibility index (Phi) is 3.94. The zero-order valence-electron chi connectivity index (χ0n) is 10.6. The number of imidazole rings is 1. The molecule has 100 valence electrons. The summed E-state index contributed by atoms with van der Waals surface area (Å²) in [5, 5.41) is 8.79. The fourth-order valence-electron chi connectivity index (χ4n) is 1.95. The molecule has 4 nitrogen and oxygen atoms in total. The van der Waals surface area contributed by atoms with Gasteiger partial charge in [-0.05, 0) is 24.1 Å². The van der Waals surface area contributed by atoms with Crippen LogP contribution in [0, 0.1) is 5.82 Å². The number of carboxylic acid groups (broad SMARTS) is 1. The third kappa shape index (κ3) is 2.99. The largest absolute Gasteiger partial charge is 0.478 e. The highest BCUT2D eigenvalue weighted by Gasteiger charge is 2.11. The lowest BCUT2D eigenvalue weighted by Gasteiger charge is -2.07. The quantitative estimate of drug-likeness (QED) is 0.901. The van der Waals surface area contributed by atoms with Gasteiger partial charge >= 0.3 is 5.97 Å². The lowest BCUT2D eigenvalue weighted by Crippen LogP contribution is -2.05. The van der Waals surface area contributed by atoms with Gasteiger partial charge in [0.15, 0.2) is 0 Å². The Morgan fingerprint density at radius 3 is 2.89 bits per heavy atom. The minimum atomic E-state index is -1.13. The first-order valence-electron chi connectivity index (χ1n) is 6.13. The summed E-state index contributed by atoms with van der Waals surface area (Å²) in [6, 6.07) is 3.96. The van der Waals surface area contributed by atoms with Crippen LogP contribution in [0.15, 0.2) is 30.6 Å². The normalized spacial score (nSPS) is 10.6. The van der Waals surface area contributed by atoms with Crippen LogP contribution in [0.5, 0.6) is 0 Å². The van der Waals surface area contributed by atoms with E-state index in [1.165, 1.54) is 12.1 Å². The van der Waals surface area contributed by atoms with Crippen molar-refractivity contribution >= 4 is 5.97 Å². The lowest BCUT2D eigenvalue weighted by molar-refractivity contribution is 0.0696. The highest BCUT2D eigenvalue weighted by molar-refractivity contribution is 5.87. The van der Waals surface area contributed by atoms with E-state index in [1.54, 1.807) is 6.20 Å². The number of aromatic carboxylic acids is 1. The molecule has 0 aliphatic heterocycles. The summed E-state index contributed by atoms with van der Waals surface area (Å²) in [6.45, 7) is 2.90. The monoisotopic (exact) mass is 262 g/mol. The van der Waals surface area contributed by atoms with Crippen LogP contribution in [-0.2, 0) is 13.0 Å². The molecule has 0 unspecified atom stereocenters. The van der Waals surface area contributed by atoms with Crippen LogP contribution >= 0.6 is 0 Å². The number of hydrogen-bond donors (Lipinski definition) is 1. The molecule has 2 rings (SSSR count). The standard InChI is InChI=1S/C14H15FN2O2/c1-2-6-17-7-5-16-13(17)9-10-3-4-11(14(18)19)8-12(10)15/h3-5,7-8H,2,6,9H2,1H3,(H,18,19). The van der Waals surface area contributed by atoms with E-state index in [9.17, 15) is 9.18 Å². The van der Waals surface area contributed by atoms with E-state index >= 15 is 0 Å². The van der Waals surface area contributed by atoms with Crippen molar-refractivity contribution in [1.29, 1.82) is 0 Å². The molecule has 0 fully saturated rings. The second-order valence-corrected chi connectivity index (χ2v) is 4.32. The van der Waals surface area contributed by atoms with Crippen molar-refractivity contribution < 1.29 is 14.3 Å². The van der Waals surface area contributed by atoms with Gasteiger partial charge in [0.2, 0.25) is 0 Å². The predicted molar refractivity (Wildman–Crippen MR) is 68.7 cm³/mol. The number of benzene rings is 1. The molecule has 0 saturated carbocycles. The highest BCUT2D eigenvalue weighted by Crippen LogP contribution is 2.15. The van der Waals surface area contributed by atoms with Crippen LogP contribution in [0.1, 0.15) is 35.1 Å². The molecule has 19 heavy (non-hydrogen) atoms. The molecule has 0 bridgehead atoms. The smallest absolute Gasteiger partial charge is 0.335 e. The summed E-state index contributed by atoms with van der Waals surface area (Å²) in [6.07, 6.45) is 4.89. The molecule has 0 aliphatic rings. The van der Waals surface area contributed by atoms with Crippen molar-refractivity contribution in [1.82, 2.24) is 9.55 Å². The third-order valence-electron chi connectivity index (χ3n) is 2.91. The first kappa shape index (κ1) is 13.3. The molecule has 0 radical (unpaired) electrons. The Labute approximate surface area is 110 Å². The molecule has 0 spiro atoms. The topological polar surface area (TPSA) is 55.1 Å². The molecule has 1 N–H and O–H groups in total. The van der Waals surface area contributed by atoms with Crippen LogP contribution in [0.4, 0.5) is 4.39 Å². The first-order chi connectivity index (χ1) is 9.11. The van der Waals surface area contributed by atoms with E-state index in [4.69, 9.17) is 5.11 Å². The summed E-state index contributed by atoms with van der Waals surface area (Å²) < 4.78 is 15.8. The van der Waals surface area contributed by atoms with E-state index in [1.807, 2.05) is 10.8 Å². The lowest BCUT2D eigenvalue weighted by atomic mass is 10.1. The highest BCUT2D eigenvalue weighted by atomic mass is 19.1. The van der Waals surface area contributed by atoms with Crippen molar-refractivity contribution in [3.63, 3.8) is 0 Å². The second kappa shape index (κ2) is 5.65. The van der Waals surface area contributed by atoms with Crippen molar-refractivity contribution in [3.8, 4) is 0 Å². The minimum absolute atomic E-state index is 0.0434. The Hall–Kier alpha value is -2.17. The van der Waals surface area contributed by atoms with Crippen LogP contribution in [0.3, 0.4) is 0 Å². The number of halogens is 1. The van der Waals surface area contributed by atoms with E-state index in [0.717, 1.165) is 24.9 Å².